The van der Waals surface area contributed by atoms with E-state index >= 15 is 0 Å². The van der Waals surface area contributed by atoms with Gasteiger partial charge in [-0.1, -0.05) is 0 Å². The summed E-state index contributed by atoms with van der Waals surface area (Å²) in [6.45, 7) is 7.19. The van der Waals surface area contributed by atoms with E-state index in [4.69, 9.17) is 4.74 Å². The van der Waals surface area contributed by atoms with Gasteiger partial charge in [0, 0.05) is 12.1 Å². The van der Waals surface area contributed by atoms with E-state index in [0.717, 1.165) is 0 Å². The second kappa shape index (κ2) is 10.1. The number of hydrogen-bond donors (Lipinski definition) is 3. The predicted molar refractivity (Wildman–Crippen MR) is 94.2 cm³/mol. The normalized spacial score (nSPS) is 10.8. The van der Waals surface area contributed by atoms with Crippen molar-refractivity contribution in [3.8, 4) is 5.75 Å². The molecule has 136 valence electrons. The lowest BCUT2D eigenvalue weighted by Crippen LogP contribution is -2.41. The molecular formula is C17H24N4O4. The van der Waals surface area contributed by atoms with Gasteiger partial charge in [-0.05, 0) is 57.5 Å². The Balaban J connectivity index is 2.44. The van der Waals surface area contributed by atoms with Crippen LogP contribution in [0.5, 0.6) is 5.75 Å². The van der Waals surface area contributed by atoms with Gasteiger partial charge in [-0.15, -0.1) is 0 Å². The van der Waals surface area contributed by atoms with Gasteiger partial charge >= 0.3 is 11.8 Å². The summed E-state index contributed by atoms with van der Waals surface area (Å²) >= 11 is 0. The molecule has 0 radical (unpaired) electrons. The van der Waals surface area contributed by atoms with E-state index < -0.39 is 11.8 Å². The number of hydrazone groups is 1. The Hall–Kier alpha value is -2.90. The Labute approximate surface area is 147 Å². The van der Waals surface area contributed by atoms with Gasteiger partial charge < -0.3 is 15.4 Å². The summed E-state index contributed by atoms with van der Waals surface area (Å²) in [5.74, 6) is -1.23. The first kappa shape index (κ1) is 20.1. The lowest BCUT2D eigenvalue weighted by Gasteiger charge is -2.09. The van der Waals surface area contributed by atoms with Crippen LogP contribution in [0.1, 0.15) is 33.3 Å². The largest absolute Gasteiger partial charge is 0.484 e. The molecular weight excluding hydrogens is 324 g/mol. The molecule has 0 saturated carbocycles. The van der Waals surface area contributed by atoms with Crippen molar-refractivity contribution in [1.82, 2.24) is 16.1 Å². The predicted octanol–water partition coefficient (Wildman–Crippen LogP) is 0.565. The van der Waals surface area contributed by atoms with Gasteiger partial charge in [0.2, 0.25) is 0 Å². The Bertz CT molecular complexity index is 624. The molecule has 3 N–H and O–H groups in total. The zero-order valence-corrected chi connectivity index (χ0v) is 14.8. The first-order valence-corrected chi connectivity index (χ1v) is 7.94. The molecule has 8 nitrogen and oxygen atoms in total. The van der Waals surface area contributed by atoms with Crippen LogP contribution in [0.25, 0.3) is 0 Å². The summed E-state index contributed by atoms with van der Waals surface area (Å²) < 4.78 is 5.36. The number of amides is 3. The molecule has 8 heteroatoms. The molecule has 0 aliphatic rings. The van der Waals surface area contributed by atoms with E-state index in [1.807, 2.05) is 13.8 Å². The topological polar surface area (TPSA) is 109 Å². The van der Waals surface area contributed by atoms with Gasteiger partial charge in [0.15, 0.2) is 6.61 Å². The quantitative estimate of drug-likeness (QED) is 0.380. The van der Waals surface area contributed by atoms with E-state index in [9.17, 15) is 14.4 Å². The second-order valence-corrected chi connectivity index (χ2v) is 5.91. The Kier molecular flexibility index (Phi) is 8.11. The molecule has 0 unspecified atom stereocenters. The number of nitrogens with one attached hydrogen (secondary N) is 3. The number of benzene rings is 1. The minimum atomic E-state index is -0.832. The summed E-state index contributed by atoms with van der Waals surface area (Å²) in [5, 5.41) is 8.90. The molecule has 0 saturated heterocycles. The number of rotatable bonds is 7. The van der Waals surface area contributed by atoms with Crippen LogP contribution in [0.4, 0.5) is 0 Å². The highest BCUT2D eigenvalue weighted by molar-refractivity contribution is 6.35. The van der Waals surface area contributed by atoms with Gasteiger partial charge in [0.1, 0.15) is 5.75 Å². The van der Waals surface area contributed by atoms with Crippen LogP contribution in [0.3, 0.4) is 0 Å². The fourth-order valence-corrected chi connectivity index (χ4v) is 1.71. The molecule has 0 atom stereocenters. The number of ether oxygens (including phenoxy) is 1. The summed E-state index contributed by atoms with van der Waals surface area (Å²) in [6, 6.07) is 6.71. The fraction of sp³-hybridized carbons (Fsp3) is 0.412. The highest BCUT2D eigenvalue weighted by Gasteiger charge is 2.12. The molecule has 1 rings (SSSR count). The third kappa shape index (κ3) is 8.50. The second-order valence-electron chi connectivity index (χ2n) is 5.91. The molecule has 0 spiro atoms. The van der Waals surface area contributed by atoms with Crippen LogP contribution in [-0.4, -0.2) is 42.6 Å². The van der Waals surface area contributed by atoms with Crippen molar-refractivity contribution in [3.05, 3.63) is 29.8 Å². The van der Waals surface area contributed by atoms with E-state index in [2.05, 4.69) is 21.2 Å². The third-order valence-corrected chi connectivity index (χ3v) is 2.71. The maximum absolute atomic E-state index is 11.5. The van der Waals surface area contributed by atoms with Crippen molar-refractivity contribution in [1.29, 1.82) is 0 Å². The lowest BCUT2D eigenvalue weighted by atomic mass is 10.2. The average molecular weight is 348 g/mol. The SMILES string of the molecule is CC(C)NC(=O)COc1ccc(/C=N\NC(=O)C(=O)NC(C)C)cc1. The third-order valence-electron chi connectivity index (χ3n) is 2.71. The van der Waals surface area contributed by atoms with Crippen molar-refractivity contribution in [2.45, 2.75) is 39.8 Å². The van der Waals surface area contributed by atoms with Crippen molar-refractivity contribution >= 4 is 23.9 Å². The van der Waals surface area contributed by atoms with Crippen molar-refractivity contribution in [2.24, 2.45) is 5.10 Å². The summed E-state index contributed by atoms with van der Waals surface area (Å²) in [6.07, 6.45) is 1.40. The molecule has 0 heterocycles. The fourth-order valence-electron chi connectivity index (χ4n) is 1.71. The van der Waals surface area contributed by atoms with Gasteiger partial charge in [0.25, 0.3) is 5.91 Å². The van der Waals surface area contributed by atoms with Crippen molar-refractivity contribution in [2.75, 3.05) is 6.61 Å². The van der Waals surface area contributed by atoms with Crippen LogP contribution in [0.15, 0.2) is 29.4 Å². The number of hydrogen-bond acceptors (Lipinski definition) is 5. The van der Waals surface area contributed by atoms with Crippen LogP contribution in [-0.2, 0) is 14.4 Å². The first-order chi connectivity index (χ1) is 11.8. The van der Waals surface area contributed by atoms with Crippen LogP contribution in [0, 0.1) is 0 Å². The van der Waals surface area contributed by atoms with E-state index in [1.54, 1.807) is 38.1 Å². The number of carbonyl (C=O) groups excluding carboxylic acids is 3. The standard InChI is InChI=1S/C17H24N4O4/c1-11(2)19-15(22)10-25-14-7-5-13(6-8-14)9-18-21-17(24)16(23)20-12(3)4/h5-9,11-12H,10H2,1-4H3,(H,19,22)(H,20,23)(H,21,24)/b18-9-. The monoisotopic (exact) mass is 348 g/mol. The molecule has 0 aliphatic carbocycles. The molecule has 0 bridgehead atoms. The zero-order valence-electron chi connectivity index (χ0n) is 14.8. The van der Waals surface area contributed by atoms with Gasteiger partial charge in [0.05, 0.1) is 6.21 Å². The minimum absolute atomic E-state index is 0.0625. The molecule has 0 fully saturated rings. The number of nitrogens with zero attached hydrogens (tertiary/aromatic N) is 1. The summed E-state index contributed by atoms with van der Waals surface area (Å²) in [5.41, 5.74) is 2.84. The van der Waals surface area contributed by atoms with Crippen LogP contribution < -0.4 is 20.8 Å². The van der Waals surface area contributed by atoms with Crippen molar-refractivity contribution in [3.63, 3.8) is 0 Å². The molecule has 1 aromatic carbocycles. The first-order valence-electron chi connectivity index (χ1n) is 7.94. The lowest BCUT2D eigenvalue weighted by molar-refractivity contribution is -0.139. The van der Waals surface area contributed by atoms with E-state index in [1.165, 1.54) is 6.21 Å². The summed E-state index contributed by atoms with van der Waals surface area (Å²) in [7, 11) is 0. The minimum Gasteiger partial charge on any atom is -0.484 e. The Morgan fingerprint density at radius 2 is 1.60 bits per heavy atom. The molecule has 0 aliphatic heterocycles. The molecule has 1 aromatic rings. The smallest absolute Gasteiger partial charge is 0.329 e. The van der Waals surface area contributed by atoms with E-state index in [0.29, 0.717) is 11.3 Å². The van der Waals surface area contributed by atoms with Gasteiger partial charge in [-0.25, -0.2) is 5.43 Å². The maximum atomic E-state index is 11.5. The van der Waals surface area contributed by atoms with Gasteiger partial charge in [-0.3, -0.25) is 14.4 Å². The van der Waals surface area contributed by atoms with Crippen LogP contribution >= 0.6 is 0 Å². The highest BCUT2D eigenvalue weighted by atomic mass is 16.5. The van der Waals surface area contributed by atoms with Crippen molar-refractivity contribution < 1.29 is 19.1 Å². The summed E-state index contributed by atoms with van der Waals surface area (Å²) in [4.78, 5) is 34.3. The Morgan fingerprint density at radius 1 is 1.00 bits per heavy atom. The molecule has 3 amide bonds. The maximum Gasteiger partial charge on any atom is 0.329 e. The Morgan fingerprint density at radius 3 is 2.16 bits per heavy atom. The average Bonchev–Trinajstić information content (AvgIpc) is 2.52. The van der Waals surface area contributed by atoms with E-state index in [-0.39, 0.29) is 24.6 Å². The van der Waals surface area contributed by atoms with Crippen LogP contribution in [0.2, 0.25) is 0 Å². The highest BCUT2D eigenvalue weighted by Crippen LogP contribution is 2.10. The van der Waals surface area contributed by atoms with Gasteiger partial charge in [-0.2, -0.15) is 5.10 Å². The zero-order chi connectivity index (χ0) is 18.8. The molecule has 0 aromatic heterocycles. The number of carbonyl (C=O) groups is 3. The molecule has 25 heavy (non-hydrogen) atoms.